The first kappa shape index (κ1) is 38.3. The molecule has 1 aliphatic heterocycles. The molecule has 0 radical (unpaired) electrons. The fourth-order valence-electron chi connectivity index (χ4n) is 6.01. The summed E-state index contributed by atoms with van der Waals surface area (Å²) in [6, 6.07) is 18.6. The summed E-state index contributed by atoms with van der Waals surface area (Å²) in [5, 5.41) is 6.36. The number of carbonyl (C=O) groups excluding carboxylic acids is 1. The third-order valence-corrected chi connectivity index (χ3v) is 8.78. The van der Waals surface area contributed by atoms with Gasteiger partial charge in [0.15, 0.2) is 34.5 Å². The molecule has 5 rings (SSSR count). The highest BCUT2D eigenvalue weighted by Gasteiger charge is 2.26. The van der Waals surface area contributed by atoms with E-state index in [4.69, 9.17) is 42.6 Å². The van der Waals surface area contributed by atoms with Crippen LogP contribution in [0.4, 0.5) is 5.69 Å². The highest BCUT2D eigenvalue weighted by molar-refractivity contribution is 6.02. The molecule has 0 bridgehead atoms. The first-order chi connectivity index (χ1) is 25.9. The van der Waals surface area contributed by atoms with Gasteiger partial charge in [-0.25, -0.2) is 0 Å². The molecule has 1 amide bonds. The zero-order valence-corrected chi connectivity index (χ0v) is 31.3. The smallest absolute Gasteiger partial charge is 0.255 e. The second-order valence-electron chi connectivity index (χ2n) is 12.0. The SMILES string of the molecule is COc1ccc2c(c1)C(=O)NC(c1ccc(OCCCCCCOc3c(OC)ccc(/C=C/c4cc(OC)c(OC)c(OC)c4)c3OC)c(OC)c1)N2. The Morgan fingerprint density at radius 2 is 1.21 bits per heavy atom. The van der Waals surface area contributed by atoms with E-state index in [1.807, 2.05) is 66.7 Å². The van der Waals surface area contributed by atoms with Crippen molar-refractivity contribution in [2.45, 2.75) is 31.8 Å². The third kappa shape index (κ3) is 9.12. The first-order valence-electron chi connectivity index (χ1n) is 17.3. The van der Waals surface area contributed by atoms with Crippen molar-refractivity contribution in [1.29, 1.82) is 0 Å². The molecule has 0 fully saturated rings. The first-order valence-corrected chi connectivity index (χ1v) is 17.3. The molecule has 12 nitrogen and oxygen atoms in total. The van der Waals surface area contributed by atoms with Crippen LogP contribution in [0, 0.1) is 0 Å². The number of anilines is 1. The van der Waals surface area contributed by atoms with Gasteiger partial charge >= 0.3 is 0 Å². The molecule has 0 saturated heterocycles. The zero-order valence-electron chi connectivity index (χ0n) is 31.3. The average molecular weight is 729 g/mol. The zero-order chi connectivity index (χ0) is 37.7. The molecule has 1 unspecified atom stereocenters. The highest BCUT2D eigenvalue weighted by atomic mass is 16.5. The number of hydrogen-bond donors (Lipinski definition) is 2. The van der Waals surface area contributed by atoms with Gasteiger partial charge in [0, 0.05) is 11.3 Å². The number of fused-ring (bicyclic) bond motifs is 1. The number of methoxy groups -OCH3 is 7. The number of amides is 1. The standard InChI is InChI=1S/C41H48N2O10/c1-45-29-16-17-31-30(25-29)41(44)43-40(42-31)28-15-18-32(34(24-28)47-3)52-20-10-8-9-11-21-53-39-33(46-2)19-14-27(37(39)50-6)13-12-26-22-35(48-4)38(51-7)36(23-26)49-5/h12-19,22-25,40,42H,8-11,20-21H2,1-7H3,(H,43,44)/b13-12+. The Balaban J connectivity index is 1.11. The number of unbranched alkanes of at least 4 members (excludes halogenated alkanes) is 3. The number of benzene rings is 4. The fraction of sp³-hybridized carbons (Fsp3) is 0.341. The second-order valence-corrected chi connectivity index (χ2v) is 12.0. The molecule has 1 atom stereocenters. The number of ether oxygens (including phenoxy) is 9. The molecule has 53 heavy (non-hydrogen) atoms. The van der Waals surface area contributed by atoms with Crippen molar-refractivity contribution in [3.8, 4) is 51.7 Å². The van der Waals surface area contributed by atoms with Crippen molar-refractivity contribution in [1.82, 2.24) is 5.32 Å². The lowest BCUT2D eigenvalue weighted by molar-refractivity contribution is 0.0935. The van der Waals surface area contributed by atoms with Gasteiger partial charge in [-0.2, -0.15) is 0 Å². The summed E-state index contributed by atoms with van der Waals surface area (Å²) in [7, 11) is 11.1. The van der Waals surface area contributed by atoms with Crippen molar-refractivity contribution in [3.05, 3.63) is 82.9 Å². The van der Waals surface area contributed by atoms with Gasteiger partial charge in [-0.15, -0.1) is 0 Å². The van der Waals surface area contributed by atoms with E-state index >= 15 is 0 Å². The van der Waals surface area contributed by atoms with Gasteiger partial charge in [0.25, 0.3) is 5.91 Å². The minimum atomic E-state index is -0.416. The summed E-state index contributed by atoms with van der Waals surface area (Å²) in [4.78, 5) is 12.8. The van der Waals surface area contributed by atoms with Crippen LogP contribution in [0.5, 0.6) is 51.7 Å². The van der Waals surface area contributed by atoms with E-state index < -0.39 is 6.17 Å². The molecule has 4 aromatic carbocycles. The van der Waals surface area contributed by atoms with Crippen molar-refractivity contribution in [3.63, 3.8) is 0 Å². The van der Waals surface area contributed by atoms with Gasteiger partial charge in [0.2, 0.25) is 11.5 Å². The molecular weight excluding hydrogens is 680 g/mol. The van der Waals surface area contributed by atoms with Gasteiger partial charge in [0.1, 0.15) is 11.9 Å². The normalized spacial score (nSPS) is 13.3. The van der Waals surface area contributed by atoms with Gasteiger partial charge < -0.3 is 53.3 Å². The third-order valence-electron chi connectivity index (χ3n) is 8.78. The van der Waals surface area contributed by atoms with Gasteiger partial charge in [0.05, 0.1) is 68.5 Å². The van der Waals surface area contributed by atoms with Crippen LogP contribution in [-0.2, 0) is 0 Å². The lowest BCUT2D eigenvalue weighted by atomic mass is 10.0. The van der Waals surface area contributed by atoms with Crippen LogP contribution in [0.3, 0.4) is 0 Å². The van der Waals surface area contributed by atoms with Crippen LogP contribution in [0.2, 0.25) is 0 Å². The van der Waals surface area contributed by atoms with E-state index in [-0.39, 0.29) is 5.91 Å². The molecule has 1 aliphatic rings. The Morgan fingerprint density at radius 3 is 1.85 bits per heavy atom. The van der Waals surface area contributed by atoms with E-state index in [0.717, 1.165) is 48.1 Å². The van der Waals surface area contributed by atoms with E-state index in [1.165, 1.54) is 0 Å². The molecule has 0 aliphatic carbocycles. The Labute approximate surface area is 310 Å². The van der Waals surface area contributed by atoms with Crippen LogP contribution >= 0.6 is 0 Å². The molecule has 0 saturated carbocycles. The average Bonchev–Trinajstić information content (AvgIpc) is 3.20. The summed E-state index contributed by atoms with van der Waals surface area (Å²) < 4.78 is 51.0. The minimum absolute atomic E-state index is 0.180. The van der Waals surface area contributed by atoms with Gasteiger partial charge in [-0.3, -0.25) is 4.79 Å². The van der Waals surface area contributed by atoms with Crippen molar-refractivity contribution in [2.24, 2.45) is 0 Å². The van der Waals surface area contributed by atoms with Crippen LogP contribution < -0.4 is 53.3 Å². The van der Waals surface area contributed by atoms with E-state index in [1.54, 1.807) is 55.8 Å². The van der Waals surface area contributed by atoms with Crippen LogP contribution in [0.1, 0.15) is 58.9 Å². The summed E-state index contributed by atoms with van der Waals surface area (Å²) in [5.74, 6) is 5.06. The predicted molar refractivity (Wildman–Crippen MR) is 204 cm³/mol. The van der Waals surface area contributed by atoms with Crippen molar-refractivity contribution >= 4 is 23.7 Å². The summed E-state index contributed by atoms with van der Waals surface area (Å²) >= 11 is 0. The molecule has 12 heteroatoms. The Kier molecular flexibility index (Phi) is 13.4. The van der Waals surface area contributed by atoms with Crippen LogP contribution in [0.15, 0.2) is 60.7 Å². The number of hydrogen-bond acceptors (Lipinski definition) is 11. The predicted octanol–water partition coefficient (Wildman–Crippen LogP) is 7.79. The largest absolute Gasteiger partial charge is 0.497 e. The molecule has 2 N–H and O–H groups in total. The molecular formula is C41H48N2O10. The number of carbonyl (C=O) groups is 1. The minimum Gasteiger partial charge on any atom is -0.497 e. The van der Waals surface area contributed by atoms with Crippen molar-refractivity contribution in [2.75, 3.05) is 68.3 Å². The van der Waals surface area contributed by atoms with Gasteiger partial charge in [-0.05, 0) is 91.4 Å². The topological polar surface area (TPSA) is 124 Å². The van der Waals surface area contributed by atoms with Crippen LogP contribution in [0.25, 0.3) is 12.2 Å². The van der Waals surface area contributed by atoms with E-state index in [9.17, 15) is 4.79 Å². The number of nitrogens with one attached hydrogen (secondary N) is 2. The highest BCUT2D eigenvalue weighted by Crippen LogP contribution is 2.42. The molecule has 282 valence electrons. The maximum absolute atomic E-state index is 12.8. The molecule has 1 heterocycles. The summed E-state index contributed by atoms with van der Waals surface area (Å²) in [6.07, 6.45) is 7.07. The Bertz CT molecular complexity index is 1870. The van der Waals surface area contributed by atoms with E-state index in [2.05, 4.69) is 10.6 Å². The van der Waals surface area contributed by atoms with Crippen molar-refractivity contribution < 1.29 is 47.4 Å². The Morgan fingerprint density at radius 1 is 0.547 bits per heavy atom. The monoisotopic (exact) mass is 728 g/mol. The maximum atomic E-state index is 12.8. The molecule has 0 aromatic heterocycles. The molecule has 4 aromatic rings. The lowest BCUT2D eigenvalue weighted by Crippen LogP contribution is -2.38. The van der Waals surface area contributed by atoms with E-state index in [0.29, 0.717) is 70.5 Å². The lowest BCUT2D eigenvalue weighted by Gasteiger charge is -2.28. The quantitative estimate of drug-likeness (QED) is 0.0727. The summed E-state index contributed by atoms with van der Waals surface area (Å²) in [5.41, 5.74) is 3.80. The fourth-order valence-corrected chi connectivity index (χ4v) is 6.01. The second kappa shape index (κ2) is 18.5. The number of rotatable bonds is 19. The maximum Gasteiger partial charge on any atom is 0.255 e. The molecule has 0 spiro atoms. The van der Waals surface area contributed by atoms with Gasteiger partial charge in [-0.1, -0.05) is 18.2 Å². The Hall–Kier alpha value is -5.91. The summed E-state index contributed by atoms with van der Waals surface area (Å²) in [6.45, 7) is 1.03. The van der Waals surface area contributed by atoms with Crippen LogP contribution in [-0.4, -0.2) is 68.9 Å².